The predicted octanol–water partition coefficient (Wildman–Crippen LogP) is 0.916. The van der Waals surface area contributed by atoms with Crippen LogP contribution in [0.1, 0.15) is 26.7 Å². The highest BCUT2D eigenvalue weighted by Gasteiger charge is 2.37. The number of hydrogen-bond donors (Lipinski definition) is 2. The van der Waals surface area contributed by atoms with Crippen molar-refractivity contribution < 1.29 is 19.4 Å². The van der Waals surface area contributed by atoms with E-state index in [4.69, 9.17) is 9.84 Å². The zero-order valence-corrected chi connectivity index (χ0v) is 11.5. The fourth-order valence-electron chi connectivity index (χ4n) is 2.89. The molecule has 2 N–H and O–H groups in total. The summed E-state index contributed by atoms with van der Waals surface area (Å²) in [5.74, 6) is -0.910. The first-order valence-electron chi connectivity index (χ1n) is 6.86. The molecular formula is C13H22N2O4. The molecule has 2 heterocycles. The van der Waals surface area contributed by atoms with Crippen LogP contribution in [-0.2, 0) is 9.53 Å². The van der Waals surface area contributed by atoms with Crippen LogP contribution in [0.5, 0.6) is 0 Å². The predicted molar refractivity (Wildman–Crippen MR) is 68.8 cm³/mol. The highest BCUT2D eigenvalue weighted by molar-refractivity contribution is 5.77. The molecule has 0 aliphatic carbocycles. The number of hydrogen-bond acceptors (Lipinski definition) is 3. The van der Waals surface area contributed by atoms with Gasteiger partial charge in [0, 0.05) is 12.6 Å². The number of nitrogens with one attached hydrogen (secondary N) is 1. The first kappa shape index (κ1) is 14.1. The monoisotopic (exact) mass is 270 g/mol. The van der Waals surface area contributed by atoms with Crippen molar-refractivity contribution >= 4 is 12.0 Å². The van der Waals surface area contributed by atoms with E-state index in [1.54, 1.807) is 4.90 Å². The Morgan fingerprint density at radius 2 is 2.05 bits per heavy atom. The van der Waals surface area contributed by atoms with Crippen LogP contribution in [0.3, 0.4) is 0 Å². The number of likely N-dealkylation sites (tertiary alicyclic amines) is 1. The number of carboxylic acid groups (broad SMARTS) is 1. The minimum atomic E-state index is -0.914. The Balaban J connectivity index is 1.92. The maximum atomic E-state index is 12.2. The van der Waals surface area contributed by atoms with Crippen molar-refractivity contribution in [2.24, 2.45) is 11.8 Å². The molecule has 4 atom stereocenters. The van der Waals surface area contributed by atoms with Crippen LogP contribution < -0.4 is 5.32 Å². The fraction of sp³-hybridized carbons (Fsp3) is 0.846. The van der Waals surface area contributed by atoms with Gasteiger partial charge < -0.3 is 20.1 Å². The molecule has 6 heteroatoms. The van der Waals surface area contributed by atoms with Gasteiger partial charge in [-0.25, -0.2) is 4.79 Å². The molecule has 4 unspecified atom stereocenters. The Kier molecular flexibility index (Phi) is 4.29. The standard InChI is InChI=1S/C13H22N2O4/c1-8-3-4-15(9(2)5-8)13(18)14-11-7-19-6-10(11)12(16)17/h8-11H,3-7H2,1-2H3,(H,14,18)(H,16,17). The third-order valence-electron chi connectivity index (χ3n) is 4.11. The molecule has 0 saturated carbocycles. The number of urea groups is 1. The van der Waals surface area contributed by atoms with Crippen LogP contribution in [0, 0.1) is 11.8 Å². The number of aliphatic carboxylic acids is 1. The molecule has 2 aliphatic heterocycles. The Morgan fingerprint density at radius 3 is 2.68 bits per heavy atom. The molecule has 0 spiro atoms. The van der Waals surface area contributed by atoms with Gasteiger partial charge in [-0.05, 0) is 25.7 Å². The molecule has 19 heavy (non-hydrogen) atoms. The molecular weight excluding hydrogens is 248 g/mol. The SMILES string of the molecule is CC1CCN(C(=O)NC2COCC2C(=O)O)C(C)C1. The largest absolute Gasteiger partial charge is 0.481 e. The summed E-state index contributed by atoms with van der Waals surface area (Å²) in [5.41, 5.74) is 0. The van der Waals surface area contributed by atoms with E-state index in [2.05, 4.69) is 12.2 Å². The average molecular weight is 270 g/mol. The van der Waals surface area contributed by atoms with Gasteiger partial charge in [0.05, 0.1) is 19.3 Å². The molecule has 2 amide bonds. The molecule has 0 aromatic carbocycles. The van der Waals surface area contributed by atoms with Crippen molar-refractivity contribution in [3.8, 4) is 0 Å². The maximum Gasteiger partial charge on any atom is 0.317 e. The molecule has 2 fully saturated rings. The summed E-state index contributed by atoms with van der Waals surface area (Å²) < 4.78 is 5.15. The third kappa shape index (κ3) is 3.18. The molecule has 108 valence electrons. The summed E-state index contributed by atoms with van der Waals surface area (Å²) in [6.07, 6.45) is 2.00. The van der Waals surface area contributed by atoms with Crippen LogP contribution in [-0.4, -0.2) is 53.8 Å². The lowest BCUT2D eigenvalue weighted by Crippen LogP contribution is -2.53. The van der Waals surface area contributed by atoms with Crippen LogP contribution in [0.4, 0.5) is 4.79 Å². The summed E-state index contributed by atoms with van der Waals surface area (Å²) in [5, 5.41) is 11.9. The number of carbonyl (C=O) groups is 2. The van der Waals surface area contributed by atoms with Crippen molar-refractivity contribution in [1.82, 2.24) is 10.2 Å². The van der Waals surface area contributed by atoms with Gasteiger partial charge in [-0.15, -0.1) is 0 Å². The van der Waals surface area contributed by atoms with E-state index in [1.165, 1.54) is 0 Å². The van der Waals surface area contributed by atoms with Gasteiger partial charge in [-0.2, -0.15) is 0 Å². The summed E-state index contributed by atoms with van der Waals surface area (Å²) in [6, 6.07) is -0.382. The highest BCUT2D eigenvalue weighted by atomic mass is 16.5. The summed E-state index contributed by atoms with van der Waals surface area (Å²) >= 11 is 0. The lowest BCUT2D eigenvalue weighted by Gasteiger charge is -2.37. The second-order valence-corrected chi connectivity index (χ2v) is 5.71. The van der Waals surface area contributed by atoms with Gasteiger partial charge in [0.2, 0.25) is 0 Å². The minimum absolute atomic E-state index is 0.166. The van der Waals surface area contributed by atoms with E-state index in [-0.39, 0.29) is 25.3 Å². The summed E-state index contributed by atoms with van der Waals surface area (Å²) in [7, 11) is 0. The Hall–Kier alpha value is -1.30. The van der Waals surface area contributed by atoms with Crippen LogP contribution >= 0.6 is 0 Å². The summed E-state index contributed by atoms with van der Waals surface area (Å²) in [4.78, 5) is 25.0. The van der Waals surface area contributed by atoms with Gasteiger partial charge in [-0.3, -0.25) is 4.79 Å². The smallest absolute Gasteiger partial charge is 0.317 e. The van der Waals surface area contributed by atoms with E-state index < -0.39 is 17.9 Å². The number of rotatable bonds is 2. The molecule has 6 nitrogen and oxygen atoms in total. The van der Waals surface area contributed by atoms with Crippen molar-refractivity contribution in [1.29, 1.82) is 0 Å². The average Bonchev–Trinajstić information content (AvgIpc) is 2.76. The van der Waals surface area contributed by atoms with Crippen LogP contribution in [0.2, 0.25) is 0 Å². The molecule has 0 radical (unpaired) electrons. The van der Waals surface area contributed by atoms with E-state index in [9.17, 15) is 9.59 Å². The fourth-order valence-corrected chi connectivity index (χ4v) is 2.89. The molecule has 0 bridgehead atoms. The Bertz CT molecular complexity index is 361. The lowest BCUT2D eigenvalue weighted by molar-refractivity contribution is -0.142. The number of amides is 2. The Morgan fingerprint density at radius 1 is 1.32 bits per heavy atom. The van der Waals surface area contributed by atoms with E-state index >= 15 is 0 Å². The van der Waals surface area contributed by atoms with Crippen LogP contribution in [0.25, 0.3) is 0 Å². The zero-order chi connectivity index (χ0) is 14.0. The number of nitrogens with zero attached hydrogens (tertiary/aromatic N) is 1. The van der Waals surface area contributed by atoms with Crippen molar-refractivity contribution in [3.63, 3.8) is 0 Å². The van der Waals surface area contributed by atoms with Gasteiger partial charge in [0.25, 0.3) is 0 Å². The van der Waals surface area contributed by atoms with Gasteiger partial charge in [0.15, 0.2) is 0 Å². The van der Waals surface area contributed by atoms with E-state index in [0.717, 1.165) is 19.4 Å². The zero-order valence-electron chi connectivity index (χ0n) is 11.5. The molecule has 0 aromatic heterocycles. The van der Waals surface area contributed by atoms with Crippen molar-refractivity contribution in [3.05, 3.63) is 0 Å². The van der Waals surface area contributed by atoms with Gasteiger partial charge >= 0.3 is 12.0 Å². The maximum absolute atomic E-state index is 12.2. The van der Waals surface area contributed by atoms with Crippen molar-refractivity contribution in [2.75, 3.05) is 19.8 Å². The lowest BCUT2D eigenvalue weighted by atomic mass is 9.93. The number of carboxylic acids is 1. The topological polar surface area (TPSA) is 78.9 Å². The quantitative estimate of drug-likeness (QED) is 0.782. The number of ether oxygens (including phenoxy) is 1. The van der Waals surface area contributed by atoms with E-state index in [0.29, 0.717) is 5.92 Å². The van der Waals surface area contributed by atoms with Crippen LogP contribution in [0.15, 0.2) is 0 Å². The number of piperidine rings is 1. The molecule has 2 aliphatic rings. The number of carbonyl (C=O) groups excluding carboxylic acids is 1. The minimum Gasteiger partial charge on any atom is -0.481 e. The highest BCUT2D eigenvalue weighted by Crippen LogP contribution is 2.22. The van der Waals surface area contributed by atoms with Crippen molar-refractivity contribution in [2.45, 2.75) is 38.8 Å². The Labute approximate surface area is 113 Å². The normalized spacial score (nSPS) is 35.2. The summed E-state index contributed by atoms with van der Waals surface area (Å²) in [6.45, 7) is 5.42. The third-order valence-corrected chi connectivity index (χ3v) is 4.11. The second kappa shape index (κ2) is 5.77. The van der Waals surface area contributed by atoms with Gasteiger partial charge in [0.1, 0.15) is 5.92 Å². The van der Waals surface area contributed by atoms with Gasteiger partial charge in [-0.1, -0.05) is 6.92 Å². The molecule has 0 aromatic rings. The first-order valence-corrected chi connectivity index (χ1v) is 6.86. The second-order valence-electron chi connectivity index (χ2n) is 5.71. The molecule has 2 rings (SSSR count). The van der Waals surface area contributed by atoms with E-state index in [1.807, 2.05) is 6.92 Å². The molecule has 2 saturated heterocycles. The first-order chi connectivity index (χ1) is 8.99.